The Morgan fingerprint density at radius 2 is 1.40 bits per heavy atom. The highest BCUT2D eigenvalue weighted by atomic mass is 16.5. The molecule has 4 N–H and O–H groups in total. The lowest BCUT2D eigenvalue weighted by atomic mass is 10.1. The van der Waals surface area contributed by atoms with Crippen LogP contribution in [0.5, 0.6) is 0 Å². The molecule has 0 atom stereocenters. The van der Waals surface area contributed by atoms with Gasteiger partial charge in [-0.15, -0.1) is 0 Å². The molecule has 0 saturated carbocycles. The monoisotopic (exact) mass is 566 g/mol. The number of carbonyl (C=O) groups excluding carboxylic acids is 5. The fourth-order valence-corrected chi connectivity index (χ4v) is 3.22. The van der Waals surface area contributed by atoms with Crippen LogP contribution in [-0.2, 0) is 39.9 Å². The van der Waals surface area contributed by atoms with Gasteiger partial charge >= 0.3 is 0 Å². The lowest BCUT2D eigenvalue weighted by molar-refractivity contribution is -0.143. The van der Waals surface area contributed by atoms with Gasteiger partial charge in [0, 0.05) is 51.5 Å². The average molecular weight is 567 g/mol. The lowest BCUT2D eigenvalue weighted by Crippen LogP contribution is -2.38. The summed E-state index contributed by atoms with van der Waals surface area (Å²) in [5.41, 5.74) is 1.62. The third-order valence-corrected chi connectivity index (χ3v) is 5.27. The van der Waals surface area contributed by atoms with Gasteiger partial charge in [0.15, 0.2) is 0 Å². The highest BCUT2D eigenvalue weighted by molar-refractivity contribution is 5.94. The number of aliphatic hydroxyl groups excluding tert-OH is 1. The third kappa shape index (κ3) is 18.0. The molecule has 1 aromatic rings. The number of amides is 5. The largest absolute Gasteiger partial charge is 0.395 e. The molecule has 0 aromatic heterocycles. The Labute approximate surface area is 237 Å². The molecule has 0 saturated heterocycles. The minimum Gasteiger partial charge on any atom is -0.395 e. The van der Waals surface area contributed by atoms with E-state index in [0.717, 1.165) is 10.5 Å². The maximum atomic E-state index is 12.1. The van der Waals surface area contributed by atoms with Gasteiger partial charge < -0.3 is 30.5 Å². The van der Waals surface area contributed by atoms with E-state index in [1.165, 1.54) is 6.92 Å². The summed E-state index contributed by atoms with van der Waals surface area (Å²) >= 11 is 0. The van der Waals surface area contributed by atoms with Gasteiger partial charge in [-0.2, -0.15) is 0 Å². The van der Waals surface area contributed by atoms with E-state index < -0.39 is 0 Å². The molecule has 0 aliphatic rings. The van der Waals surface area contributed by atoms with Crippen LogP contribution in [0.1, 0.15) is 58.9 Å². The summed E-state index contributed by atoms with van der Waals surface area (Å²) in [6, 6.07) is 7.24. The Kier molecular flexibility index (Phi) is 21.6. The van der Waals surface area contributed by atoms with Crippen molar-refractivity contribution >= 4 is 35.2 Å². The Balaban J connectivity index is 0.00000742. The van der Waals surface area contributed by atoms with Crippen molar-refractivity contribution in [3.8, 4) is 0 Å². The zero-order chi connectivity index (χ0) is 30.2. The molecule has 12 heteroatoms. The van der Waals surface area contributed by atoms with Crippen LogP contribution in [-0.4, -0.2) is 92.2 Å². The summed E-state index contributed by atoms with van der Waals surface area (Å²) in [4.78, 5) is 59.7. The molecule has 0 bridgehead atoms. The second kappa shape index (κ2) is 23.5. The van der Waals surface area contributed by atoms with Crippen LogP contribution < -0.4 is 16.0 Å². The second-order valence-corrected chi connectivity index (χ2v) is 8.31. The normalized spacial score (nSPS) is 10.1. The highest BCUT2D eigenvalue weighted by Gasteiger charge is 2.17. The van der Waals surface area contributed by atoms with E-state index >= 15 is 0 Å². The molecular formula is C28H46N4O8. The van der Waals surface area contributed by atoms with Crippen molar-refractivity contribution < 1.29 is 38.6 Å². The number of hydrogen-bond donors (Lipinski definition) is 4. The third-order valence-electron chi connectivity index (χ3n) is 5.27. The Bertz CT molecular complexity index is 893. The molecule has 0 unspecified atom stereocenters. The maximum Gasteiger partial charge on any atom is 0.228 e. The predicted octanol–water partition coefficient (Wildman–Crippen LogP) is 1.41. The van der Waals surface area contributed by atoms with Crippen LogP contribution >= 0.6 is 0 Å². The molecule has 1 aromatic carbocycles. The number of carbonyl (C=O) groups is 5. The topological polar surface area (TPSA) is 163 Å². The summed E-state index contributed by atoms with van der Waals surface area (Å²) in [5, 5.41) is 16.8. The molecule has 0 aliphatic heterocycles. The number of rotatable bonds is 19. The Hall–Kier alpha value is -3.35. The zero-order valence-corrected chi connectivity index (χ0v) is 24.3. The first-order valence-corrected chi connectivity index (χ1v) is 13.8. The summed E-state index contributed by atoms with van der Waals surface area (Å²) in [7, 11) is 0. The van der Waals surface area contributed by atoms with Gasteiger partial charge in [-0.25, -0.2) is 0 Å². The van der Waals surface area contributed by atoms with Crippen LogP contribution in [0.25, 0.3) is 0 Å². The van der Waals surface area contributed by atoms with E-state index in [0.29, 0.717) is 38.3 Å². The van der Waals surface area contributed by atoms with E-state index in [1.54, 1.807) is 19.1 Å². The van der Waals surface area contributed by atoms with Crippen molar-refractivity contribution in [3.05, 3.63) is 29.8 Å². The molecule has 0 spiro atoms. The molecule has 0 aliphatic carbocycles. The fourth-order valence-electron chi connectivity index (χ4n) is 3.22. The van der Waals surface area contributed by atoms with Gasteiger partial charge in [0.25, 0.3) is 0 Å². The predicted molar refractivity (Wildman–Crippen MR) is 151 cm³/mol. The number of aliphatic hydroxyl groups is 1. The van der Waals surface area contributed by atoms with Gasteiger partial charge in [0.1, 0.15) is 0 Å². The van der Waals surface area contributed by atoms with Gasteiger partial charge in [-0.05, 0) is 24.1 Å². The summed E-state index contributed by atoms with van der Waals surface area (Å²) in [6.07, 6.45) is 1.30. The van der Waals surface area contributed by atoms with E-state index in [-0.39, 0.29) is 81.7 Å². The van der Waals surface area contributed by atoms with Gasteiger partial charge in [-0.1, -0.05) is 32.9 Å². The molecule has 0 fully saturated rings. The molecular weight excluding hydrogens is 520 g/mol. The first-order chi connectivity index (χ1) is 19.3. The van der Waals surface area contributed by atoms with Crippen molar-refractivity contribution in [1.82, 2.24) is 15.5 Å². The van der Waals surface area contributed by atoms with Crippen LogP contribution in [0.2, 0.25) is 0 Å². The van der Waals surface area contributed by atoms with Crippen LogP contribution in [0.3, 0.4) is 0 Å². The second-order valence-electron chi connectivity index (χ2n) is 8.31. The van der Waals surface area contributed by atoms with E-state index in [1.807, 2.05) is 26.0 Å². The number of hydrogen-bond acceptors (Lipinski definition) is 8. The number of nitrogens with zero attached hydrogens (tertiary/aromatic N) is 1. The summed E-state index contributed by atoms with van der Waals surface area (Å²) < 4.78 is 10.8. The lowest BCUT2D eigenvalue weighted by Gasteiger charge is -2.18. The van der Waals surface area contributed by atoms with Crippen molar-refractivity contribution in [2.75, 3.05) is 58.0 Å². The maximum absolute atomic E-state index is 12.1. The Morgan fingerprint density at radius 3 is 2.00 bits per heavy atom. The van der Waals surface area contributed by atoms with E-state index in [4.69, 9.17) is 14.6 Å². The Morgan fingerprint density at radius 1 is 0.800 bits per heavy atom. The number of nitrogens with one attached hydrogen (secondary N) is 3. The minimum atomic E-state index is -0.380. The zero-order valence-electron chi connectivity index (χ0n) is 24.3. The molecule has 0 radical (unpaired) electrons. The molecule has 1 rings (SSSR count). The van der Waals surface area contributed by atoms with Crippen molar-refractivity contribution in [2.45, 2.75) is 59.8 Å². The number of ether oxygens (including phenoxy) is 2. The quantitative estimate of drug-likeness (QED) is 0.183. The van der Waals surface area contributed by atoms with Crippen LogP contribution in [0, 0.1) is 0 Å². The number of benzene rings is 1. The van der Waals surface area contributed by atoms with E-state index in [9.17, 15) is 24.0 Å². The first-order valence-electron chi connectivity index (χ1n) is 13.8. The molecule has 0 heterocycles. The average Bonchev–Trinajstić information content (AvgIpc) is 2.95. The SMILES string of the molecule is CC.CCC(=O)N(CCC(=O)NCCOCCOCCC(=O)Nc1ccc(CCC(=O)NCCO)cc1)C(C)=O. The first kappa shape index (κ1) is 36.6. The minimum absolute atomic E-state index is 0.0332. The number of anilines is 1. The fraction of sp³-hybridized carbons (Fsp3) is 0.607. The molecule has 5 amide bonds. The highest BCUT2D eigenvalue weighted by Crippen LogP contribution is 2.11. The molecule has 40 heavy (non-hydrogen) atoms. The summed E-state index contributed by atoms with van der Waals surface area (Å²) in [5.74, 6) is -1.27. The number of imide groups is 1. The van der Waals surface area contributed by atoms with Crippen LogP contribution in [0.15, 0.2) is 24.3 Å². The molecule has 12 nitrogen and oxygen atoms in total. The summed E-state index contributed by atoms with van der Waals surface area (Å²) in [6.45, 7) is 8.57. The number of aryl methyl sites for hydroxylation is 1. The molecule has 226 valence electrons. The van der Waals surface area contributed by atoms with Crippen LogP contribution in [0.4, 0.5) is 5.69 Å². The standard InChI is InChI=1S/C26H40N4O8.C2H6/c1-3-26(36)30(20(2)32)14-10-24(34)28-13-17-38-19-18-37-16-11-25(35)29-22-7-4-21(5-8-22)6-9-23(33)27-12-15-31;1-2/h4-5,7-8,31H,3,6,9-19H2,1-2H3,(H,27,33)(H,28,34)(H,29,35);1-2H3. The van der Waals surface area contributed by atoms with Crippen molar-refractivity contribution in [2.24, 2.45) is 0 Å². The van der Waals surface area contributed by atoms with Gasteiger partial charge in [-0.3, -0.25) is 28.9 Å². The van der Waals surface area contributed by atoms with Gasteiger partial charge in [0.2, 0.25) is 29.5 Å². The van der Waals surface area contributed by atoms with Crippen molar-refractivity contribution in [1.29, 1.82) is 0 Å². The van der Waals surface area contributed by atoms with E-state index in [2.05, 4.69) is 16.0 Å². The smallest absolute Gasteiger partial charge is 0.228 e. The van der Waals surface area contributed by atoms with Gasteiger partial charge in [0.05, 0.1) is 39.5 Å². The van der Waals surface area contributed by atoms with Crippen molar-refractivity contribution in [3.63, 3.8) is 0 Å².